The molecule has 2 aliphatic rings. The van der Waals surface area contributed by atoms with Crippen molar-refractivity contribution in [1.82, 2.24) is 34.4 Å². The van der Waals surface area contributed by atoms with Gasteiger partial charge in [-0.05, 0) is 40.7 Å². The molecule has 0 bridgehead atoms. The smallest absolute Gasteiger partial charge is 0.410 e. The summed E-state index contributed by atoms with van der Waals surface area (Å²) in [6.45, 7) is 9.22. The molecular weight excluding hydrogens is 564 g/mol. The van der Waals surface area contributed by atoms with Crippen molar-refractivity contribution in [2.24, 2.45) is 0 Å². The summed E-state index contributed by atoms with van der Waals surface area (Å²) in [5.74, 6) is -1.23. The molecule has 2 fully saturated rings. The summed E-state index contributed by atoms with van der Waals surface area (Å²) in [6, 6.07) is 9.01. The van der Waals surface area contributed by atoms with Crippen LogP contribution in [0.3, 0.4) is 0 Å². The summed E-state index contributed by atoms with van der Waals surface area (Å²) in [5.41, 5.74) is 6.96. The number of nitrogens with zero attached hydrogens (tertiary/aromatic N) is 7. The number of likely N-dealkylation sites (N-methyl/N-ethyl adjacent to an activating group) is 1. The van der Waals surface area contributed by atoms with Gasteiger partial charge in [-0.25, -0.2) is 19.6 Å². The second-order valence-corrected chi connectivity index (χ2v) is 12.2. The molecule has 3 aromatic rings. The van der Waals surface area contributed by atoms with Crippen molar-refractivity contribution in [2.45, 2.75) is 51.4 Å². The lowest BCUT2D eigenvalue weighted by atomic mass is 10.1. The summed E-state index contributed by atoms with van der Waals surface area (Å²) in [7, 11) is 2.00. The Morgan fingerprint density at radius 1 is 0.955 bits per heavy atom. The van der Waals surface area contributed by atoms with Crippen molar-refractivity contribution in [3.05, 3.63) is 60.2 Å². The van der Waals surface area contributed by atoms with Gasteiger partial charge in [0.1, 0.15) is 5.60 Å². The maximum Gasteiger partial charge on any atom is 0.410 e. The number of likely N-dealkylation sites (tertiary alicyclic amines) is 1. The fourth-order valence-corrected chi connectivity index (χ4v) is 5.24. The molecule has 2 saturated heterocycles. The van der Waals surface area contributed by atoms with Gasteiger partial charge in [-0.3, -0.25) is 9.48 Å². The highest BCUT2D eigenvalue weighted by molar-refractivity contribution is 5.95. The third-order valence-electron chi connectivity index (χ3n) is 7.75. The third kappa shape index (κ3) is 7.33. The number of piperazine rings is 1. The van der Waals surface area contributed by atoms with E-state index in [1.807, 2.05) is 44.8 Å². The summed E-state index contributed by atoms with van der Waals surface area (Å²) < 4.78 is 13.1. The fraction of sp³-hybridized carbons (Fsp3) is 0.484. The fourth-order valence-electron chi connectivity index (χ4n) is 5.24. The van der Waals surface area contributed by atoms with Crippen LogP contribution in [0.25, 0.3) is 11.3 Å². The van der Waals surface area contributed by atoms with Gasteiger partial charge in [-0.2, -0.15) is 5.10 Å². The van der Waals surface area contributed by atoms with E-state index in [0.29, 0.717) is 55.8 Å². The molecule has 0 aliphatic carbocycles. The summed E-state index contributed by atoms with van der Waals surface area (Å²) in [5, 5.41) is 4.52. The van der Waals surface area contributed by atoms with E-state index < -0.39 is 17.7 Å². The first kappa shape index (κ1) is 30.9. The Morgan fingerprint density at radius 3 is 2.30 bits per heavy atom. The van der Waals surface area contributed by atoms with E-state index in [0.717, 1.165) is 13.1 Å². The van der Waals surface area contributed by atoms with E-state index >= 15 is 0 Å². The zero-order valence-electron chi connectivity index (χ0n) is 25.7. The standard InChI is InChI=1S/C31H40N8O5/c1-31(2,3)44-30(42)38-12-10-23(11-13-38)39-20-22(18-34-39)24-19-33-27(32)25(35-24)29(41)43-26(21-8-6-5-7-9-21)28(40)37-16-14-36(4)15-17-37/h5-9,18-20,23,26H,10-17H2,1-4H3,(H2,32,33)/t26-/m1/s1. The average molecular weight is 605 g/mol. The highest BCUT2D eigenvalue weighted by Gasteiger charge is 2.33. The zero-order chi connectivity index (χ0) is 31.4. The van der Waals surface area contributed by atoms with Gasteiger partial charge in [0.15, 0.2) is 11.5 Å². The lowest BCUT2D eigenvalue weighted by Gasteiger charge is -2.34. The lowest BCUT2D eigenvalue weighted by molar-refractivity contribution is -0.142. The number of carbonyl (C=O) groups excluding carboxylic acids is 3. The van der Waals surface area contributed by atoms with E-state index in [1.54, 1.807) is 40.3 Å². The average Bonchev–Trinajstić information content (AvgIpc) is 3.50. The van der Waals surface area contributed by atoms with Crippen LogP contribution in [0.2, 0.25) is 0 Å². The Kier molecular flexibility index (Phi) is 9.14. The summed E-state index contributed by atoms with van der Waals surface area (Å²) >= 11 is 0. The second-order valence-electron chi connectivity index (χ2n) is 12.2. The number of anilines is 1. The van der Waals surface area contributed by atoms with Gasteiger partial charge >= 0.3 is 12.1 Å². The predicted octanol–water partition coefficient (Wildman–Crippen LogP) is 3.17. The highest BCUT2D eigenvalue weighted by Crippen LogP contribution is 2.28. The Hall–Kier alpha value is -4.52. The van der Waals surface area contributed by atoms with Gasteiger partial charge in [0, 0.05) is 56.6 Å². The molecule has 0 unspecified atom stereocenters. The molecule has 0 spiro atoms. The number of hydrogen-bond donors (Lipinski definition) is 1. The SMILES string of the molecule is CN1CCN(C(=O)[C@H](OC(=O)c2nc(-c3cnn(C4CCN(C(=O)OC(C)(C)C)CC4)c3)cnc2N)c2ccccc2)CC1. The lowest BCUT2D eigenvalue weighted by Crippen LogP contribution is -2.49. The van der Waals surface area contributed by atoms with Gasteiger partial charge in [-0.1, -0.05) is 30.3 Å². The Bertz CT molecular complexity index is 1470. The van der Waals surface area contributed by atoms with Crippen LogP contribution in [-0.2, 0) is 14.3 Å². The Labute approximate surface area is 256 Å². The van der Waals surface area contributed by atoms with E-state index in [-0.39, 0.29) is 29.6 Å². The van der Waals surface area contributed by atoms with Crippen LogP contribution in [0.15, 0.2) is 48.9 Å². The molecule has 13 heteroatoms. The molecule has 2 N–H and O–H groups in total. The number of nitrogens with two attached hydrogens (primary N) is 1. The molecule has 44 heavy (non-hydrogen) atoms. The van der Waals surface area contributed by atoms with Crippen LogP contribution in [0.4, 0.5) is 10.6 Å². The van der Waals surface area contributed by atoms with Gasteiger partial charge in [0.2, 0.25) is 6.10 Å². The van der Waals surface area contributed by atoms with Crippen molar-refractivity contribution in [3.8, 4) is 11.3 Å². The quantitative estimate of drug-likeness (QED) is 0.416. The number of ether oxygens (including phenoxy) is 2. The van der Waals surface area contributed by atoms with Crippen LogP contribution in [-0.4, -0.2) is 104 Å². The molecule has 0 saturated carbocycles. The van der Waals surface area contributed by atoms with Gasteiger partial charge in [0.25, 0.3) is 5.91 Å². The van der Waals surface area contributed by atoms with Crippen molar-refractivity contribution in [1.29, 1.82) is 0 Å². The molecule has 4 heterocycles. The molecule has 2 aliphatic heterocycles. The van der Waals surface area contributed by atoms with Gasteiger partial charge in [0.05, 0.1) is 24.1 Å². The number of piperidine rings is 1. The first-order chi connectivity index (χ1) is 21.0. The number of carbonyl (C=O) groups is 3. The van der Waals surface area contributed by atoms with E-state index in [4.69, 9.17) is 15.2 Å². The number of hydrogen-bond acceptors (Lipinski definition) is 10. The van der Waals surface area contributed by atoms with Crippen molar-refractivity contribution in [3.63, 3.8) is 0 Å². The number of benzene rings is 1. The van der Waals surface area contributed by atoms with Crippen LogP contribution in [0.5, 0.6) is 0 Å². The molecule has 0 radical (unpaired) electrons. The number of amides is 2. The molecule has 1 aromatic carbocycles. The van der Waals surface area contributed by atoms with E-state index in [9.17, 15) is 14.4 Å². The minimum atomic E-state index is -1.15. The molecule has 2 amide bonds. The van der Waals surface area contributed by atoms with Crippen LogP contribution < -0.4 is 5.73 Å². The maximum absolute atomic E-state index is 13.5. The Morgan fingerprint density at radius 2 is 1.64 bits per heavy atom. The minimum Gasteiger partial charge on any atom is -0.444 e. The van der Waals surface area contributed by atoms with E-state index in [2.05, 4.69) is 20.0 Å². The molecule has 2 aromatic heterocycles. The van der Waals surface area contributed by atoms with Crippen LogP contribution in [0.1, 0.15) is 61.8 Å². The maximum atomic E-state index is 13.5. The monoisotopic (exact) mass is 604 g/mol. The molecule has 13 nitrogen and oxygen atoms in total. The number of esters is 1. The molecular formula is C31H40N8O5. The molecule has 5 rings (SSSR count). The van der Waals surface area contributed by atoms with Crippen LogP contribution in [0, 0.1) is 0 Å². The zero-order valence-corrected chi connectivity index (χ0v) is 25.7. The first-order valence-electron chi connectivity index (χ1n) is 14.9. The van der Waals surface area contributed by atoms with Crippen molar-refractivity contribution >= 4 is 23.8 Å². The Balaban J connectivity index is 1.29. The first-order valence-corrected chi connectivity index (χ1v) is 14.9. The molecule has 234 valence electrons. The van der Waals surface area contributed by atoms with E-state index in [1.165, 1.54) is 6.20 Å². The van der Waals surface area contributed by atoms with Gasteiger partial charge in [-0.15, -0.1) is 0 Å². The third-order valence-corrected chi connectivity index (χ3v) is 7.75. The summed E-state index contributed by atoms with van der Waals surface area (Å²) in [4.78, 5) is 53.7. The van der Waals surface area contributed by atoms with Crippen molar-refractivity contribution in [2.75, 3.05) is 52.0 Å². The summed E-state index contributed by atoms with van der Waals surface area (Å²) in [6.07, 6.45) is 4.94. The largest absolute Gasteiger partial charge is 0.444 e. The molecule has 1 atom stereocenters. The topological polar surface area (TPSA) is 149 Å². The van der Waals surface area contributed by atoms with Crippen molar-refractivity contribution < 1.29 is 23.9 Å². The number of rotatable bonds is 6. The normalized spacial score (nSPS) is 17.3. The minimum absolute atomic E-state index is 0.0841. The highest BCUT2D eigenvalue weighted by atomic mass is 16.6. The number of aromatic nitrogens is 4. The van der Waals surface area contributed by atoms with Gasteiger partial charge < -0.3 is 29.9 Å². The number of nitrogen functional groups attached to an aromatic ring is 1. The second kappa shape index (κ2) is 13.0. The van der Waals surface area contributed by atoms with Crippen LogP contribution >= 0.6 is 0 Å². The predicted molar refractivity (Wildman–Crippen MR) is 162 cm³/mol.